The molecule has 154 valence electrons. The fraction of sp³-hybridized carbons (Fsp3) is 0.320. The van der Waals surface area contributed by atoms with Gasteiger partial charge in [-0.2, -0.15) is 5.10 Å². The maximum absolute atomic E-state index is 12.2. The molecule has 5 nitrogen and oxygen atoms in total. The Morgan fingerprint density at radius 1 is 1.03 bits per heavy atom. The third kappa shape index (κ3) is 5.51. The van der Waals surface area contributed by atoms with Crippen LogP contribution in [0.4, 0.5) is 0 Å². The molecule has 0 aliphatic carbocycles. The highest BCUT2D eigenvalue weighted by atomic mass is 16.2. The van der Waals surface area contributed by atoms with Crippen LogP contribution in [0.15, 0.2) is 71.8 Å². The number of fused-ring (bicyclic) bond motifs is 1. The highest BCUT2D eigenvalue weighted by Gasteiger charge is 2.18. The molecule has 1 aliphatic rings. The van der Waals surface area contributed by atoms with Crippen molar-refractivity contribution in [2.45, 2.75) is 32.2 Å². The van der Waals surface area contributed by atoms with Gasteiger partial charge in [-0.15, -0.1) is 0 Å². The summed E-state index contributed by atoms with van der Waals surface area (Å²) in [6.45, 7) is 3.35. The number of nitrogens with zero attached hydrogens (tertiary/aromatic N) is 3. The molecular formula is C25H28N4O. The van der Waals surface area contributed by atoms with Crippen LogP contribution in [0.25, 0.3) is 10.9 Å². The highest BCUT2D eigenvalue weighted by molar-refractivity contribution is 5.94. The average Bonchev–Trinajstić information content (AvgIpc) is 2.80. The first kappa shape index (κ1) is 20.2. The van der Waals surface area contributed by atoms with E-state index in [1.54, 1.807) is 6.07 Å². The fourth-order valence-electron chi connectivity index (χ4n) is 4.00. The molecule has 1 N–H and O–H groups in total. The van der Waals surface area contributed by atoms with Gasteiger partial charge in [0.2, 0.25) is 0 Å². The van der Waals surface area contributed by atoms with E-state index in [2.05, 4.69) is 50.7 Å². The quantitative estimate of drug-likeness (QED) is 0.464. The number of benzene rings is 2. The van der Waals surface area contributed by atoms with Gasteiger partial charge in [0.25, 0.3) is 5.91 Å². The molecule has 1 fully saturated rings. The maximum atomic E-state index is 12.2. The number of para-hydroxylation sites is 1. The van der Waals surface area contributed by atoms with Crippen molar-refractivity contribution >= 4 is 23.0 Å². The zero-order chi connectivity index (χ0) is 20.6. The summed E-state index contributed by atoms with van der Waals surface area (Å²) in [6, 6.07) is 22.1. The summed E-state index contributed by atoms with van der Waals surface area (Å²) in [5.41, 5.74) is 5.18. The summed E-state index contributed by atoms with van der Waals surface area (Å²) in [5, 5.41) is 5.13. The van der Waals surface area contributed by atoms with Crippen LogP contribution in [-0.4, -0.2) is 35.1 Å². The number of hydrogen-bond donors (Lipinski definition) is 1. The molecule has 4 rings (SSSR count). The molecule has 0 unspecified atom stereocenters. The van der Waals surface area contributed by atoms with Gasteiger partial charge in [0.05, 0.1) is 5.52 Å². The molecule has 0 radical (unpaired) electrons. The predicted octanol–water partition coefficient (Wildman–Crippen LogP) is 4.64. The van der Waals surface area contributed by atoms with Gasteiger partial charge in [0.15, 0.2) is 0 Å². The average molecular weight is 401 g/mol. The summed E-state index contributed by atoms with van der Waals surface area (Å²) >= 11 is 0. The van der Waals surface area contributed by atoms with E-state index in [-0.39, 0.29) is 5.91 Å². The summed E-state index contributed by atoms with van der Waals surface area (Å²) in [6.07, 6.45) is 6.28. The Labute approximate surface area is 177 Å². The monoisotopic (exact) mass is 400 g/mol. The SMILES string of the molecule is O=C(NN=CCCC1CCN(Cc2ccccc2)CC1)c1ccc2ccccc2n1. The molecule has 30 heavy (non-hydrogen) atoms. The molecule has 1 saturated heterocycles. The lowest BCUT2D eigenvalue weighted by Crippen LogP contribution is -2.33. The Hall–Kier alpha value is -3.05. The van der Waals surface area contributed by atoms with Crippen LogP contribution in [0.2, 0.25) is 0 Å². The Morgan fingerprint density at radius 2 is 1.80 bits per heavy atom. The highest BCUT2D eigenvalue weighted by Crippen LogP contribution is 2.22. The van der Waals surface area contributed by atoms with Crippen molar-refractivity contribution in [2.24, 2.45) is 11.0 Å². The van der Waals surface area contributed by atoms with Gasteiger partial charge >= 0.3 is 0 Å². The second-order valence-corrected chi connectivity index (χ2v) is 7.92. The number of hydrazone groups is 1. The van der Waals surface area contributed by atoms with Gasteiger partial charge in [0, 0.05) is 18.1 Å². The van der Waals surface area contributed by atoms with E-state index >= 15 is 0 Å². The van der Waals surface area contributed by atoms with Gasteiger partial charge in [0.1, 0.15) is 5.69 Å². The number of hydrogen-bond acceptors (Lipinski definition) is 4. The van der Waals surface area contributed by atoms with Crippen molar-refractivity contribution in [2.75, 3.05) is 13.1 Å². The van der Waals surface area contributed by atoms with E-state index in [1.165, 1.54) is 18.4 Å². The Balaban J connectivity index is 1.16. The molecule has 0 atom stereocenters. The lowest BCUT2D eigenvalue weighted by molar-refractivity contribution is 0.0950. The maximum Gasteiger partial charge on any atom is 0.289 e. The van der Waals surface area contributed by atoms with E-state index < -0.39 is 0 Å². The number of carbonyl (C=O) groups is 1. The predicted molar refractivity (Wildman–Crippen MR) is 121 cm³/mol. The second kappa shape index (κ2) is 10.1. The summed E-state index contributed by atoms with van der Waals surface area (Å²) < 4.78 is 0. The molecule has 2 heterocycles. The van der Waals surface area contributed by atoms with Crippen molar-refractivity contribution in [1.82, 2.24) is 15.3 Å². The number of nitrogens with one attached hydrogen (secondary N) is 1. The van der Waals surface area contributed by atoms with Crippen LogP contribution in [0, 0.1) is 5.92 Å². The number of pyridine rings is 1. The van der Waals surface area contributed by atoms with E-state index in [0.29, 0.717) is 5.69 Å². The van der Waals surface area contributed by atoms with Gasteiger partial charge in [-0.1, -0.05) is 54.6 Å². The first-order valence-electron chi connectivity index (χ1n) is 10.7. The number of amides is 1. The van der Waals surface area contributed by atoms with Crippen molar-refractivity contribution in [1.29, 1.82) is 0 Å². The van der Waals surface area contributed by atoms with E-state index in [9.17, 15) is 4.79 Å². The molecule has 1 aliphatic heterocycles. The number of carbonyl (C=O) groups excluding carboxylic acids is 1. The van der Waals surface area contributed by atoms with Crippen LogP contribution in [0.3, 0.4) is 0 Å². The third-order valence-electron chi connectivity index (χ3n) is 5.75. The van der Waals surface area contributed by atoms with Crippen LogP contribution in [0.5, 0.6) is 0 Å². The van der Waals surface area contributed by atoms with Crippen molar-refractivity contribution in [3.63, 3.8) is 0 Å². The minimum absolute atomic E-state index is 0.272. The van der Waals surface area contributed by atoms with Crippen molar-refractivity contribution in [3.05, 3.63) is 78.0 Å². The topological polar surface area (TPSA) is 57.6 Å². The van der Waals surface area contributed by atoms with E-state index in [1.807, 2.05) is 36.5 Å². The zero-order valence-electron chi connectivity index (χ0n) is 17.2. The summed E-state index contributed by atoms with van der Waals surface area (Å²) in [4.78, 5) is 19.2. The molecule has 0 bridgehead atoms. The van der Waals surface area contributed by atoms with Crippen LogP contribution in [-0.2, 0) is 6.54 Å². The zero-order valence-corrected chi connectivity index (χ0v) is 17.2. The minimum Gasteiger partial charge on any atom is -0.299 e. The molecule has 1 amide bonds. The largest absolute Gasteiger partial charge is 0.299 e. The number of rotatable bonds is 7. The molecule has 2 aromatic carbocycles. The van der Waals surface area contributed by atoms with Crippen LogP contribution in [0.1, 0.15) is 41.7 Å². The molecule has 0 spiro atoms. The summed E-state index contributed by atoms with van der Waals surface area (Å²) in [5.74, 6) is 0.465. The van der Waals surface area contributed by atoms with Crippen LogP contribution >= 0.6 is 0 Å². The van der Waals surface area contributed by atoms with Crippen LogP contribution < -0.4 is 5.43 Å². The lowest BCUT2D eigenvalue weighted by atomic mass is 9.92. The first-order valence-corrected chi connectivity index (χ1v) is 10.7. The Bertz CT molecular complexity index is 994. The molecule has 1 aromatic heterocycles. The number of aromatic nitrogens is 1. The Morgan fingerprint density at radius 3 is 2.63 bits per heavy atom. The van der Waals surface area contributed by atoms with Crippen molar-refractivity contribution < 1.29 is 4.79 Å². The second-order valence-electron chi connectivity index (χ2n) is 7.92. The fourth-order valence-corrected chi connectivity index (χ4v) is 4.00. The first-order chi connectivity index (χ1) is 14.8. The number of likely N-dealkylation sites (tertiary alicyclic amines) is 1. The minimum atomic E-state index is -0.272. The van der Waals surface area contributed by atoms with E-state index in [4.69, 9.17) is 0 Å². The lowest BCUT2D eigenvalue weighted by Gasteiger charge is -2.31. The van der Waals surface area contributed by atoms with Gasteiger partial charge in [-0.25, -0.2) is 10.4 Å². The van der Waals surface area contributed by atoms with Gasteiger partial charge in [-0.05, 0) is 62.4 Å². The summed E-state index contributed by atoms with van der Waals surface area (Å²) in [7, 11) is 0. The Kier molecular flexibility index (Phi) is 6.83. The molecule has 5 heteroatoms. The molecular weight excluding hydrogens is 372 g/mol. The third-order valence-corrected chi connectivity index (χ3v) is 5.75. The molecule has 0 saturated carbocycles. The van der Waals surface area contributed by atoms with Gasteiger partial charge in [-0.3, -0.25) is 9.69 Å². The molecule has 3 aromatic rings. The number of piperidine rings is 1. The van der Waals surface area contributed by atoms with E-state index in [0.717, 1.165) is 49.3 Å². The smallest absolute Gasteiger partial charge is 0.289 e. The normalized spacial score (nSPS) is 15.6. The van der Waals surface area contributed by atoms with Crippen molar-refractivity contribution in [3.8, 4) is 0 Å². The standard InChI is InChI=1S/C25H28N4O/c30-25(24-13-12-22-10-4-5-11-23(22)27-24)28-26-16-6-9-20-14-17-29(18-15-20)19-21-7-2-1-3-8-21/h1-5,7-8,10-13,16,20H,6,9,14-15,17-19H2,(H,28,30). The van der Waals surface area contributed by atoms with Gasteiger partial charge < -0.3 is 0 Å².